The maximum absolute atomic E-state index is 3.78. The van der Waals surface area contributed by atoms with Crippen molar-refractivity contribution in [3.8, 4) is 0 Å². The number of rotatable bonds is 5. The normalized spacial score (nSPS) is 34.9. The Balaban J connectivity index is 1.95. The molecule has 3 atom stereocenters. The number of hydrogen-bond acceptors (Lipinski definition) is 2. The fourth-order valence-electron chi connectivity index (χ4n) is 3.85. The van der Waals surface area contributed by atoms with Gasteiger partial charge in [0.25, 0.3) is 0 Å². The molecule has 2 rings (SSSR count). The van der Waals surface area contributed by atoms with Crippen molar-refractivity contribution in [2.75, 3.05) is 13.1 Å². The summed E-state index contributed by atoms with van der Waals surface area (Å²) in [6.07, 6.45) is 8.34. The first-order valence-corrected chi connectivity index (χ1v) is 7.73. The molecule has 17 heavy (non-hydrogen) atoms. The fourth-order valence-corrected chi connectivity index (χ4v) is 3.85. The molecule has 1 saturated carbocycles. The maximum atomic E-state index is 3.78. The van der Waals surface area contributed by atoms with E-state index in [1.165, 1.54) is 51.6 Å². The molecule has 3 unspecified atom stereocenters. The van der Waals surface area contributed by atoms with Crippen LogP contribution in [-0.2, 0) is 0 Å². The van der Waals surface area contributed by atoms with Gasteiger partial charge in [-0.3, -0.25) is 4.90 Å². The molecule has 2 nitrogen and oxygen atoms in total. The van der Waals surface area contributed by atoms with Crippen molar-refractivity contribution >= 4 is 0 Å². The summed E-state index contributed by atoms with van der Waals surface area (Å²) >= 11 is 0. The lowest BCUT2D eigenvalue weighted by Gasteiger charge is -2.36. The predicted molar refractivity (Wildman–Crippen MR) is 74.3 cm³/mol. The summed E-state index contributed by atoms with van der Waals surface area (Å²) in [5.41, 5.74) is 0. The van der Waals surface area contributed by atoms with Crippen molar-refractivity contribution < 1.29 is 0 Å². The van der Waals surface area contributed by atoms with Gasteiger partial charge in [-0.05, 0) is 51.1 Å². The molecule has 1 heterocycles. The monoisotopic (exact) mass is 238 g/mol. The molecule has 1 aliphatic carbocycles. The van der Waals surface area contributed by atoms with Crippen LogP contribution >= 0.6 is 0 Å². The predicted octanol–water partition coefficient (Wildman–Crippen LogP) is 3.03. The number of hydrogen-bond donors (Lipinski definition) is 1. The van der Waals surface area contributed by atoms with Crippen molar-refractivity contribution in [1.82, 2.24) is 10.2 Å². The summed E-state index contributed by atoms with van der Waals surface area (Å²) in [5.74, 6) is 0.824. The Morgan fingerprint density at radius 3 is 2.71 bits per heavy atom. The minimum Gasteiger partial charge on any atom is -0.312 e. The molecule has 2 fully saturated rings. The van der Waals surface area contributed by atoms with Gasteiger partial charge in [-0.25, -0.2) is 0 Å². The van der Waals surface area contributed by atoms with Crippen LogP contribution in [0, 0.1) is 5.92 Å². The molecule has 2 aliphatic rings. The highest BCUT2D eigenvalue weighted by Gasteiger charge is 2.38. The maximum Gasteiger partial charge on any atom is 0.0252 e. The quantitative estimate of drug-likeness (QED) is 0.792. The molecule has 1 saturated heterocycles. The Morgan fingerprint density at radius 2 is 2.00 bits per heavy atom. The van der Waals surface area contributed by atoms with Gasteiger partial charge in [0.1, 0.15) is 0 Å². The second-order valence-corrected chi connectivity index (χ2v) is 6.25. The Labute approximate surface area is 107 Å². The third-order valence-corrected chi connectivity index (χ3v) is 4.67. The van der Waals surface area contributed by atoms with E-state index in [2.05, 4.69) is 31.0 Å². The van der Waals surface area contributed by atoms with E-state index in [4.69, 9.17) is 0 Å². The van der Waals surface area contributed by atoms with Crippen LogP contribution in [0.4, 0.5) is 0 Å². The van der Waals surface area contributed by atoms with E-state index in [9.17, 15) is 0 Å². The van der Waals surface area contributed by atoms with Gasteiger partial charge in [0.15, 0.2) is 0 Å². The second-order valence-electron chi connectivity index (χ2n) is 6.25. The van der Waals surface area contributed by atoms with Crippen LogP contribution < -0.4 is 5.32 Å². The fraction of sp³-hybridized carbons (Fsp3) is 1.00. The van der Waals surface area contributed by atoms with E-state index < -0.39 is 0 Å². The standard InChI is InChI=1S/C15H30N2/c1-4-10-16-13-7-5-8-15(13)17-11-6-9-14(17)12(2)3/h12-16H,4-11H2,1-3H3. The molecular weight excluding hydrogens is 208 g/mol. The number of nitrogens with zero attached hydrogens (tertiary/aromatic N) is 1. The lowest BCUT2D eigenvalue weighted by Crippen LogP contribution is -2.50. The Morgan fingerprint density at radius 1 is 1.18 bits per heavy atom. The molecule has 0 bridgehead atoms. The molecule has 0 radical (unpaired) electrons. The summed E-state index contributed by atoms with van der Waals surface area (Å²) in [7, 11) is 0. The topological polar surface area (TPSA) is 15.3 Å². The van der Waals surface area contributed by atoms with Gasteiger partial charge in [-0.2, -0.15) is 0 Å². The molecule has 0 aromatic heterocycles. The smallest absolute Gasteiger partial charge is 0.0252 e. The highest BCUT2D eigenvalue weighted by Crippen LogP contribution is 2.33. The molecule has 100 valence electrons. The molecular formula is C15H30N2. The summed E-state index contributed by atoms with van der Waals surface area (Å²) < 4.78 is 0. The van der Waals surface area contributed by atoms with Gasteiger partial charge >= 0.3 is 0 Å². The summed E-state index contributed by atoms with van der Waals surface area (Å²) in [6.45, 7) is 9.60. The first-order chi connectivity index (χ1) is 8.24. The van der Waals surface area contributed by atoms with Crippen LogP contribution in [0.1, 0.15) is 59.3 Å². The zero-order valence-corrected chi connectivity index (χ0v) is 11.9. The van der Waals surface area contributed by atoms with Crippen LogP contribution in [0.25, 0.3) is 0 Å². The van der Waals surface area contributed by atoms with Gasteiger partial charge in [-0.1, -0.05) is 27.2 Å². The van der Waals surface area contributed by atoms with E-state index in [-0.39, 0.29) is 0 Å². The van der Waals surface area contributed by atoms with Crippen LogP contribution in [-0.4, -0.2) is 36.1 Å². The van der Waals surface area contributed by atoms with Gasteiger partial charge in [0.2, 0.25) is 0 Å². The van der Waals surface area contributed by atoms with Crippen molar-refractivity contribution in [3.63, 3.8) is 0 Å². The number of nitrogens with one attached hydrogen (secondary N) is 1. The average molecular weight is 238 g/mol. The first-order valence-electron chi connectivity index (χ1n) is 7.73. The van der Waals surface area contributed by atoms with Gasteiger partial charge in [0.05, 0.1) is 0 Å². The van der Waals surface area contributed by atoms with E-state index in [1.54, 1.807) is 0 Å². The Kier molecular flexibility index (Phi) is 4.87. The zero-order chi connectivity index (χ0) is 12.3. The molecule has 0 aromatic rings. The Bertz CT molecular complexity index is 227. The van der Waals surface area contributed by atoms with Crippen molar-refractivity contribution in [3.05, 3.63) is 0 Å². The van der Waals surface area contributed by atoms with Crippen molar-refractivity contribution in [2.24, 2.45) is 5.92 Å². The highest BCUT2D eigenvalue weighted by atomic mass is 15.2. The third kappa shape index (κ3) is 3.03. The zero-order valence-electron chi connectivity index (χ0n) is 11.9. The summed E-state index contributed by atoms with van der Waals surface area (Å²) in [4.78, 5) is 2.84. The lowest BCUT2D eigenvalue weighted by molar-refractivity contribution is 0.128. The van der Waals surface area contributed by atoms with Crippen molar-refractivity contribution in [1.29, 1.82) is 0 Å². The first kappa shape index (κ1) is 13.4. The minimum absolute atomic E-state index is 0.772. The van der Waals surface area contributed by atoms with Crippen LogP contribution in [0.15, 0.2) is 0 Å². The highest BCUT2D eigenvalue weighted by molar-refractivity contribution is 4.95. The van der Waals surface area contributed by atoms with Gasteiger partial charge in [-0.15, -0.1) is 0 Å². The molecule has 0 spiro atoms. The molecule has 1 N–H and O–H groups in total. The molecule has 0 amide bonds. The SMILES string of the molecule is CCCNC1CCCC1N1CCCC1C(C)C. The molecule has 2 heteroatoms. The molecule has 0 aromatic carbocycles. The third-order valence-electron chi connectivity index (χ3n) is 4.67. The second kappa shape index (κ2) is 6.19. The van der Waals surface area contributed by atoms with E-state index in [0.29, 0.717) is 0 Å². The van der Waals surface area contributed by atoms with E-state index >= 15 is 0 Å². The van der Waals surface area contributed by atoms with Crippen LogP contribution in [0.2, 0.25) is 0 Å². The van der Waals surface area contributed by atoms with Crippen LogP contribution in [0.5, 0.6) is 0 Å². The lowest BCUT2D eigenvalue weighted by atomic mass is 9.99. The number of likely N-dealkylation sites (tertiary alicyclic amines) is 1. The largest absolute Gasteiger partial charge is 0.312 e. The summed E-state index contributed by atoms with van der Waals surface area (Å²) in [5, 5.41) is 3.78. The Hall–Kier alpha value is -0.0800. The average Bonchev–Trinajstić information content (AvgIpc) is 2.94. The minimum atomic E-state index is 0.772. The van der Waals surface area contributed by atoms with E-state index in [1.807, 2.05) is 0 Å². The van der Waals surface area contributed by atoms with Gasteiger partial charge < -0.3 is 5.32 Å². The van der Waals surface area contributed by atoms with Gasteiger partial charge in [0, 0.05) is 18.1 Å². The van der Waals surface area contributed by atoms with E-state index in [0.717, 1.165) is 24.0 Å². The van der Waals surface area contributed by atoms with Crippen LogP contribution in [0.3, 0.4) is 0 Å². The molecule has 1 aliphatic heterocycles. The van der Waals surface area contributed by atoms with Crippen molar-refractivity contribution in [2.45, 2.75) is 77.4 Å². The summed E-state index contributed by atoms with van der Waals surface area (Å²) in [6, 6.07) is 2.45.